The SMILES string of the molecule is COC(=O)c1sc(N(C)CC2CCC2)c(OC)c1N. The summed E-state index contributed by atoms with van der Waals surface area (Å²) in [5.41, 5.74) is 6.33. The van der Waals surface area contributed by atoms with E-state index in [1.807, 2.05) is 7.05 Å². The Hall–Kier alpha value is -1.43. The number of hydrogen-bond donors (Lipinski definition) is 1. The molecule has 0 atom stereocenters. The van der Waals surface area contributed by atoms with Gasteiger partial charge < -0.3 is 20.1 Å². The first-order valence-electron chi connectivity index (χ1n) is 6.34. The lowest BCUT2D eigenvalue weighted by atomic mass is 9.85. The highest BCUT2D eigenvalue weighted by Crippen LogP contribution is 2.45. The number of esters is 1. The largest absolute Gasteiger partial charge is 0.492 e. The van der Waals surface area contributed by atoms with Crippen molar-refractivity contribution in [1.29, 1.82) is 0 Å². The molecule has 5 nitrogen and oxygen atoms in total. The molecule has 1 aliphatic carbocycles. The van der Waals surface area contributed by atoms with Crippen molar-refractivity contribution in [2.24, 2.45) is 5.92 Å². The summed E-state index contributed by atoms with van der Waals surface area (Å²) in [5, 5.41) is 0.896. The third kappa shape index (κ3) is 2.63. The molecule has 0 radical (unpaired) electrons. The van der Waals surface area contributed by atoms with Crippen LogP contribution in [0.3, 0.4) is 0 Å². The standard InChI is InChI=1S/C13H20N2O3S/c1-15(7-8-5-4-6-8)12-10(17-2)9(14)11(19-12)13(16)18-3/h8H,4-7,14H2,1-3H3. The molecule has 106 valence electrons. The van der Waals surface area contributed by atoms with E-state index in [0.29, 0.717) is 16.3 Å². The van der Waals surface area contributed by atoms with E-state index in [1.165, 1.54) is 37.7 Å². The lowest BCUT2D eigenvalue weighted by molar-refractivity contribution is 0.0607. The number of ether oxygens (including phenoxy) is 2. The second-order valence-corrected chi connectivity index (χ2v) is 5.85. The Morgan fingerprint density at radius 1 is 1.47 bits per heavy atom. The van der Waals surface area contributed by atoms with Crippen molar-refractivity contribution in [2.75, 3.05) is 38.4 Å². The Morgan fingerprint density at radius 3 is 2.63 bits per heavy atom. The van der Waals surface area contributed by atoms with Crippen molar-refractivity contribution >= 4 is 28.0 Å². The van der Waals surface area contributed by atoms with Gasteiger partial charge >= 0.3 is 5.97 Å². The van der Waals surface area contributed by atoms with E-state index in [2.05, 4.69) is 4.90 Å². The summed E-state index contributed by atoms with van der Waals surface area (Å²) < 4.78 is 10.1. The second-order valence-electron chi connectivity index (χ2n) is 4.85. The van der Waals surface area contributed by atoms with E-state index in [0.717, 1.165) is 17.5 Å². The van der Waals surface area contributed by atoms with Crippen LogP contribution in [-0.2, 0) is 4.74 Å². The third-order valence-corrected chi connectivity index (χ3v) is 4.84. The van der Waals surface area contributed by atoms with E-state index >= 15 is 0 Å². The maximum atomic E-state index is 11.7. The molecular formula is C13H20N2O3S. The molecule has 0 aliphatic heterocycles. The summed E-state index contributed by atoms with van der Waals surface area (Å²) in [6.45, 7) is 0.969. The lowest BCUT2D eigenvalue weighted by Gasteiger charge is -2.30. The van der Waals surface area contributed by atoms with E-state index in [-0.39, 0.29) is 0 Å². The van der Waals surface area contributed by atoms with Gasteiger partial charge in [0.25, 0.3) is 0 Å². The van der Waals surface area contributed by atoms with Gasteiger partial charge in [0.1, 0.15) is 15.6 Å². The van der Waals surface area contributed by atoms with E-state index in [4.69, 9.17) is 15.2 Å². The molecule has 0 spiro atoms. The van der Waals surface area contributed by atoms with Crippen LogP contribution in [-0.4, -0.2) is 33.8 Å². The molecule has 0 bridgehead atoms. The molecule has 2 rings (SSSR count). The maximum Gasteiger partial charge on any atom is 0.350 e. The fourth-order valence-corrected chi connectivity index (χ4v) is 3.33. The van der Waals surface area contributed by atoms with Crippen LogP contribution in [0.4, 0.5) is 10.7 Å². The van der Waals surface area contributed by atoms with Crippen molar-refractivity contribution in [3.05, 3.63) is 4.88 Å². The maximum absolute atomic E-state index is 11.7. The zero-order chi connectivity index (χ0) is 14.0. The number of nitrogen functional groups attached to an aromatic ring is 1. The highest BCUT2D eigenvalue weighted by molar-refractivity contribution is 7.19. The smallest absolute Gasteiger partial charge is 0.350 e. The molecule has 1 saturated carbocycles. The number of carbonyl (C=O) groups is 1. The number of thiophene rings is 1. The minimum absolute atomic E-state index is 0.370. The van der Waals surface area contributed by atoms with E-state index in [9.17, 15) is 4.79 Å². The molecule has 0 amide bonds. The number of hydrogen-bond acceptors (Lipinski definition) is 6. The zero-order valence-corrected chi connectivity index (χ0v) is 12.4. The van der Waals surface area contributed by atoms with E-state index in [1.54, 1.807) is 7.11 Å². The monoisotopic (exact) mass is 284 g/mol. The molecule has 6 heteroatoms. The summed E-state index contributed by atoms with van der Waals surface area (Å²) in [6.07, 6.45) is 3.87. The number of nitrogens with zero attached hydrogens (tertiary/aromatic N) is 1. The van der Waals surface area contributed by atoms with Crippen molar-refractivity contribution in [3.8, 4) is 5.75 Å². The molecular weight excluding hydrogens is 264 g/mol. The quantitative estimate of drug-likeness (QED) is 0.841. The van der Waals surface area contributed by atoms with Crippen LogP contribution in [0.2, 0.25) is 0 Å². The molecule has 1 aromatic heterocycles. The summed E-state index contributed by atoms with van der Waals surface area (Å²) in [4.78, 5) is 14.2. The van der Waals surface area contributed by atoms with Gasteiger partial charge in [-0.25, -0.2) is 4.79 Å². The molecule has 0 saturated heterocycles. The molecule has 0 aromatic carbocycles. The average molecular weight is 284 g/mol. The molecule has 1 fully saturated rings. The van der Waals surface area contributed by atoms with Gasteiger partial charge in [0.2, 0.25) is 0 Å². The Kier molecular flexibility index (Phi) is 4.19. The second kappa shape index (κ2) is 5.69. The molecule has 1 heterocycles. The lowest BCUT2D eigenvalue weighted by Crippen LogP contribution is -2.28. The van der Waals surface area contributed by atoms with Gasteiger partial charge in [-0.3, -0.25) is 0 Å². The third-order valence-electron chi connectivity index (χ3n) is 3.56. The van der Waals surface area contributed by atoms with Gasteiger partial charge in [0, 0.05) is 13.6 Å². The Bertz CT molecular complexity index is 469. The molecule has 0 unspecified atom stereocenters. The molecule has 2 N–H and O–H groups in total. The molecule has 19 heavy (non-hydrogen) atoms. The van der Waals surface area contributed by atoms with Gasteiger partial charge in [0.05, 0.1) is 14.2 Å². The summed E-state index contributed by atoms with van der Waals surface area (Å²) in [7, 11) is 4.93. The van der Waals surface area contributed by atoms with Gasteiger partial charge in [-0.1, -0.05) is 6.42 Å². The van der Waals surface area contributed by atoms with Crippen LogP contribution >= 0.6 is 11.3 Å². The van der Waals surface area contributed by atoms with Gasteiger partial charge in [-0.05, 0) is 18.8 Å². The first-order chi connectivity index (χ1) is 9.08. The Labute approximate surface area is 117 Å². The predicted molar refractivity (Wildman–Crippen MR) is 77.2 cm³/mol. The van der Waals surface area contributed by atoms with Crippen molar-refractivity contribution < 1.29 is 14.3 Å². The summed E-state index contributed by atoms with van der Waals surface area (Å²) >= 11 is 1.33. The highest BCUT2D eigenvalue weighted by atomic mass is 32.1. The normalized spacial score (nSPS) is 14.9. The highest BCUT2D eigenvalue weighted by Gasteiger charge is 2.26. The number of rotatable bonds is 5. The van der Waals surface area contributed by atoms with Crippen LogP contribution < -0.4 is 15.4 Å². The number of methoxy groups -OCH3 is 2. The number of anilines is 2. The van der Waals surface area contributed by atoms with Crippen LogP contribution in [0.5, 0.6) is 5.75 Å². The van der Waals surface area contributed by atoms with E-state index < -0.39 is 5.97 Å². The predicted octanol–water partition coefficient (Wildman–Crippen LogP) is 2.36. The Morgan fingerprint density at radius 2 is 2.16 bits per heavy atom. The Balaban J connectivity index is 2.24. The van der Waals surface area contributed by atoms with Crippen LogP contribution in [0.15, 0.2) is 0 Å². The first-order valence-corrected chi connectivity index (χ1v) is 7.15. The summed E-state index contributed by atoms with van der Waals surface area (Å²) in [6, 6.07) is 0. The minimum Gasteiger partial charge on any atom is -0.492 e. The number of carbonyl (C=O) groups excluding carboxylic acids is 1. The fourth-order valence-electron chi connectivity index (χ4n) is 2.25. The van der Waals surface area contributed by atoms with Gasteiger partial charge in [-0.2, -0.15) is 0 Å². The van der Waals surface area contributed by atoms with Crippen molar-refractivity contribution in [3.63, 3.8) is 0 Å². The van der Waals surface area contributed by atoms with Crippen LogP contribution in [0.1, 0.15) is 28.9 Å². The minimum atomic E-state index is -0.413. The zero-order valence-electron chi connectivity index (χ0n) is 11.6. The number of nitrogens with two attached hydrogens (primary N) is 1. The summed E-state index contributed by atoms with van der Waals surface area (Å²) in [5.74, 6) is 0.899. The van der Waals surface area contributed by atoms with Crippen LogP contribution in [0.25, 0.3) is 0 Å². The molecule has 1 aliphatic rings. The molecule has 1 aromatic rings. The van der Waals surface area contributed by atoms with Gasteiger partial charge in [-0.15, -0.1) is 11.3 Å². The average Bonchev–Trinajstić information content (AvgIpc) is 2.69. The fraction of sp³-hybridized carbons (Fsp3) is 0.615. The van der Waals surface area contributed by atoms with Crippen molar-refractivity contribution in [2.45, 2.75) is 19.3 Å². The topological polar surface area (TPSA) is 64.8 Å². The first kappa shape index (κ1) is 14.0. The van der Waals surface area contributed by atoms with Crippen LogP contribution in [0, 0.1) is 5.92 Å². The van der Waals surface area contributed by atoms with Crippen molar-refractivity contribution in [1.82, 2.24) is 0 Å². The van der Waals surface area contributed by atoms with Gasteiger partial charge in [0.15, 0.2) is 5.75 Å².